The summed E-state index contributed by atoms with van der Waals surface area (Å²) >= 11 is 0. The highest BCUT2D eigenvalue weighted by Crippen LogP contribution is 2.35. The molecule has 0 saturated heterocycles. The second-order valence-corrected chi connectivity index (χ2v) is 6.25. The highest BCUT2D eigenvalue weighted by atomic mass is 16.5. The second kappa shape index (κ2) is 11.4. The third-order valence-electron chi connectivity index (χ3n) is 4.32. The predicted molar refractivity (Wildman–Crippen MR) is 120 cm³/mol. The molecule has 158 valence electrons. The Hall–Kier alpha value is -3.42. The van der Waals surface area contributed by atoms with Crippen LogP contribution in [-0.4, -0.2) is 33.8 Å². The van der Waals surface area contributed by atoms with Gasteiger partial charge in [-0.3, -0.25) is 9.79 Å². The van der Waals surface area contributed by atoms with Crippen molar-refractivity contribution in [3.63, 3.8) is 0 Å². The van der Waals surface area contributed by atoms with E-state index in [9.17, 15) is 4.79 Å². The standard InChI is InChI=1S/C21H32N6O2/c1-7-8-14(24-3)11-17(19(25-4)21(28)26-5)27-16-10-9-13(2)18(15(23)12-22)20(16)29-6/h9-12,24,27H,4,7-8,22-23H2,1-3,5-6H3,(H,26,28)/b14-11+,15-12-,19-17+. The van der Waals surface area contributed by atoms with Gasteiger partial charge in [0.1, 0.15) is 0 Å². The molecule has 0 spiro atoms. The Morgan fingerprint density at radius 2 is 2.00 bits per heavy atom. The summed E-state index contributed by atoms with van der Waals surface area (Å²) in [7, 11) is 4.92. The van der Waals surface area contributed by atoms with Gasteiger partial charge in [0.2, 0.25) is 0 Å². The molecule has 1 amide bonds. The number of benzene rings is 1. The fourth-order valence-electron chi connectivity index (χ4n) is 2.85. The number of carbonyl (C=O) groups excluding carboxylic acids is 1. The number of aryl methyl sites for hydroxylation is 1. The number of ether oxygens (including phenoxy) is 1. The zero-order chi connectivity index (χ0) is 22.0. The van der Waals surface area contributed by atoms with Gasteiger partial charge in [0, 0.05) is 31.6 Å². The van der Waals surface area contributed by atoms with Gasteiger partial charge in [-0.05, 0) is 37.8 Å². The fourth-order valence-corrected chi connectivity index (χ4v) is 2.85. The van der Waals surface area contributed by atoms with E-state index < -0.39 is 0 Å². The molecule has 8 nitrogen and oxygen atoms in total. The molecule has 0 radical (unpaired) electrons. The lowest BCUT2D eigenvalue weighted by molar-refractivity contribution is -0.117. The molecule has 0 aliphatic rings. The van der Waals surface area contributed by atoms with Crippen molar-refractivity contribution in [1.29, 1.82) is 0 Å². The summed E-state index contributed by atoms with van der Waals surface area (Å²) in [5.74, 6) is 0.148. The van der Waals surface area contributed by atoms with Gasteiger partial charge in [-0.25, -0.2) is 0 Å². The van der Waals surface area contributed by atoms with E-state index in [4.69, 9.17) is 16.2 Å². The minimum Gasteiger partial charge on any atom is -0.494 e. The first-order valence-corrected chi connectivity index (χ1v) is 9.32. The van der Waals surface area contributed by atoms with Crippen LogP contribution in [0.5, 0.6) is 5.75 Å². The molecule has 0 fully saturated rings. The average molecular weight is 401 g/mol. The number of likely N-dealkylation sites (N-methyl/N-ethyl adjacent to an activating group) is 1. The molecule has 0 saturated carbocycles. The number of carbonyl (C=O) groups is 1. The van der Waals surface area contributed by atoms with E-state index in [1.54, 1.807) is 7.11 Å². The third-order valence-corrected chi connectivity index (χ3v) is 4.32. The summed E-state index contributed by atoms with van der Waals surface area (Å²) in [5.41, 5.74) is 15.8. The topological polar surface area (TPSA) is 127 Å². The van der Waals surface area contributed by atoms with Gasteiger partial charge in [0.15, 0.2) is 11.4 Å². The lowest BCUT2D eigenvalue weighted by Gasteiger charge is -2.19. The summed E-state index contributed by atoms with van der Waals surface area (Å²) in [6.45, 7) is 7.54. The molecule has 7 N–H and O–H groups in total. The van der Waals surface area contributed by atoms with Gasteiger partial charge in [0.25, 0.3) is 5.91 Å². The zero-order valence-electron chi connectivity index (χ0n) is 17.8. The van der Waals surface area contributed by atoms with Gasteiger partial charge in [0.05, 0.1) is 24.2 Å². The van der Waals surface area contributed by atoms with Crippen LogP contribution in [0.1, 0.15) is 30.9 Å². The van der Waals surface area contributed by atoms with Crippen LogP contribution in [0.25, 0.3) is 5.70 Å². The molecule has 0 aliphatic heterocycles. The van der Waals surface area contributed by atoms with Crippen molar-refractivity contribution >= 4 is 24.0 Å². The Bertz CT molecular complexity index is 840. The normalized spacial score (nSPS) is 12.7. The number of nitrogens with two attached hydrogens (primary N) is 2. The maximum absolute atomic E-state index is 12.4. The Kier molecular flexibility index (Phi) is 9.31. The van der Waals surface area contributed by atoms with E-state index in [0.717, 1.165) is 24.1 Å². The first-order chi connectivity index (χ1) is 13.9. The largest absolute Gasteiger partial charge is 0.494 e. The van der Waals surface area contributed by atoms with Crippen molar-refractivity contribution in [3.05, 3.63) is 52.6 Å². The van der Waals surface area contributed by atoms with E-state index in [0.29, 0.717) is 28.4 Å². The van der Waals surface area contributed by atoms with Crippen LogP contribution in [0, 0.1) is 6.92 Å². The second-order valence-electron chi connectivity index (χ2n) is 6.25. The fraction of sp³-hybridized carbons (Fsp3) is 0.333. The Balaban J connectivity index is 3.69. The molecular formula is C21H32N6O2. The van der Waals surface area contributed by atoms with E-state index in [2.05, 4.69) is 34.6 Å². The molecule has 29 heavy (non-hydrogen) atoms. The number of nitrogens with zero attached hydrogens (tertiary/aromatic N) is 1. The van der Waals surface area contributed by atoms with Crippen LogP contribution in [-0.2, 0) is 4.79 Å². The Morgan fingerprint density at radius 1 is 1.31 bits per heavy atom. The molecule has 0 heterocycles. The van der Waals surface area contributed by atoms with E-state index in [1.807, 2.05) is 32.2 Å². The molecule has 8 heteroatoms. The number of methoxy groups -OCH3 is 1. The van der Waals surface area contributed by atoms with Crippen LogP contribution in [0.2, 0.25) is 0 Å². The zero-order valence-corrected chi connectivity index (χ0v) is 17.8. The van der Waals surface area contributed by atoms with E-state index in [1.165, 1.54) is 13.2 Å². The number of allylic oxidation sites excluding steroid dienone is 2. The lowest BCUT2D eigenvalue weighted by atomic mass is 10.0. The summed E-state index contributed by atoms with van der Waals surface area (Å²) < 4.78 is 5.62. The Morgan fingerprint density at radius 3 is 2.48 bits per heavy atom. The third kappa shape index (κ3) is 5.78. The van der Waals surface area contributed by atoms with Gasteiger partial charge < -0.3 is 32.2 Å². The number of amides is 1. The minimum absolute atomic E-state index is 0.155. The highest BCUT2D eigenvalue weighted by Gasteiger charge is 2.18. The monoisotopic (exact) mass is 400 g/mol. The maximum Gasteiger partial charge on any atom is 0.271 e. The van der Waals surface area contributed by atoms with Crippen molar-refractivity contribution in [1.82, 2.24) is 10.6 Å². The quantitative estimate of drug-likeness (QED) is 0.233. The average Bonchev–Trinajstić information content (AvgIpc) is 2.73. The van der Waals surface area contributed by atoms with Gasteiger partial charge >= 0.3 is 0 Å². The smallest absolute Gasteiger partial charge is 0.271 e. The first kappa shape index (κ1) is 23.6. The SMILES string of the molecule is C=N/C(C(=O)NC)=C(\C=C(/CCC)NC)Nc1ccc(C)c(/C(N)=C/N)c1OC. The van der Waals surface area contributed by atoms with Crippen LogP contribution in [0.15, 0.2) is 46.5 Å². The van der Waals surface area contributed by atoms with Gasteiger partial charge in [-0.2, -0.15) is 0 Å². The molecule has 1 aromatic carbocycles. The van der Waals surface area contributed by atoms with Crippen LogP contribution >= 0.6 is 0 Å². The highest BCUT2D eigenvalue weighted by molar-refractivity contribution is 5.95. The maximum atomic E-state index is 12.4. The number of hydrogen-bond acceptors (Lipinski definition) is 7. The van der Waals surface area contributed by atoms with Gasteiger partial charge in [-0.1, -0.05) is 19.4 Å². The molecule has 0 bridgehead atoms. The Labute approximate surface area is 172 Å². The van der Waals surface area contributed by atoms with Crippen molar-refractivity contribution in [2.24, 2.45) is 16.5 Å². The van der Waals surface area contributed by atoms with Crippen molar-refractivity contribution < 1.29 is 9.53 Å². The number of nitrogens with one attached hydrogen (secondary N) is 3. The molecule has 0 atom stereocenters. The van der Waals surface area contributed by atoms with Crippen molar-refractivity contribution in [2.45, 2.75) is 26.7 Å². The number of aliphatic imine (C=N–C) groups is 1. The number of anilines is 1. The summed E-state index contributed by atoms with van der Waals surface area (Å²) in [5, 5.41) is 8.99. The van der Waals surface area contributed by atoms with Crippen LogP contribution in [0.3, 0.4) is 0 Å². The van der Waals surface area contributed by atoms with E-state index in [-0.39, 0.29) is 11.6 Å². The molecular weight excluding hydrogens is 368 g/mol. The minimum atomic E-state index is -0.363. The number of rotatable bonds is 10. The van der Waals surface area contributed by atoms with Crippen molar-refractivity contribution in [2.75, 3.05) is 26.5 Å². The molecule has 1 aromatic rings. The molecule has 0 aromatic heterocycles. The summed E-state index contributed by atoms with van der Waals surface area (Å²) in [6, 6.07) is 3.74. The molecule has 0 aliphatic carbocycles. The van der Waals surface area contributed by atoms with Gasteiger partial charge in [-0.15, -0.1) is 0 Å². The molecule has 1 rings (SSSR count). The lowest BCUT2D eigenvalue weighted by Crippen LogP contribution is -2.22. The van der Waals surface area contributed by atoms with Crippen LogP contribution in [0.4, 0.5) is 5.69 Å². The summed E-state index contributed by atoms with van der Waals surface area (Å²) in [6.07, 6.45) is 4.91. The summed E-state index contributed by atoms with van der Waals surface area (Å²) in [4.78, 5) is 16.3. The molecule has 0 unspecified atom stereocenters. The van der Waals surface area contributed by atoms with Crippen LogP contribution < -0.4 is 32.2 Å². The first-order valence-electron chi connectivity index (χ1n) is 9.32. The number of hydrogen-bond donors (Lipinski definition) is 5. The predicted octanol–water partition coefficient (Wildman–Crippen LogP) is 2.19. The van der Waals surface area contributed by atoms with Crippen molar-refractivity contribution in [3.8, 4) is 5.75 Å². The van der Waals surface area contributed by atoms with E-state index >= 15 is 0 Å².